The van der Waals surface area contributed by atoms with Gasteiger partial charge in [0.05, 0.1) is 17.5 Å². The minimum Gasteiger partial charge on any atom is -0.481 e. The number of nitrogens with two attached hydrogens (primary N) is 1. The van der Waals surface area contributed by atoms with Gasteiger partial charge < -0.3 is 10.8 Å². The van der Waals surface area contributed by atoms with E-state index in [1.165, 1.54) is 0 Å². The Morgan fingerprint density at radius 3 is 1.97 bits per heavy atom. The minimum atomic E-state index is -5.11. The number of carboxylic acid groups (broad SMARTS) is 1. The van der Waals surface area contributed by atoms with Gasteiger partial charge in [-0.15, -0.1) is 12.4 Å². The molecule has 3 nitrogen and oxygen atoms in total. The standard InChI is InChI=1S/C18H14F7NO2.ClH/c1-8-5-9(6-10(16(8)19)13(26)7-14(27)28)15-11(17(20,21)22)3-2-4-12(15)18(23,24)25;/h2-6,13H,7,26H2,1H3,(H,27,28);1H/t13-;/m0./s1. The van der Waals surface area contributed by atoms with E-state index in [-0.39, 0.29) is 18.0 Å². The maximum atomic E-state index is 14.3. The zero-order chi connectivity index (χ0) is 21.4. The molecule has 0 aliphatic rings. The number of aliphatic carboxylic acids is 1. The van der Waals surface area contributed by atoms with Gasteiger partial charge in [0.25, 0.3) is 0 Å². The minimum absolute atomic E-state index is 0. The molecule has 0 saturated heterocycles. The normalized spacial score (nSPS) is 13.0. The fourth-order valence-electron chi connectivity index (χ4n) is 2.84. The molecule has 0 fully saturated rings. The SMILES string of the molecule is Cc1cc(-c2c(C(F)(F)F)cccc2C(F)(F)F)cc([C@@H](N)CC(=O)O)c1F.Cl. The molecule has 2 rings (SSSR count). The Bertz CT molecular complexity index is 878. The van der Waals surface area contributed by atoms with Gasteiger partial charge in [-0.25, -0.2) is 4.39 Å². The summed E-state index contributed by atoms with van der Waals surface area (Å²) in [7, 11) is 0. The highest BCUT2D eigenvalue weighted by atomic mass is 35.5. The van der Waals surface area contributed by atoms with Crippen LogP contribution in [0.4, 0.5) is 30.7 Å². The number of hydrogen-bond acceptors (Lipinski definition) is 2. The topological polar surface area (TPSA) is 63.3 Å². The van der Waals surface area contributed by atoms with E-state index < -0.39 is 64.4 Å². The van der Waals surface area contributed by atoms with Crippen LogP contribution in [0.3, 0.4) is 0 Å². The molecule has 0 unspecified atom stereocenters. The second kappa shape index (κ2) is 8.58. The molecule has 2 aromatic carbocycles. The highest BCUT2D eigenvalue weighted by molar-refractivity contribution is 5.85. The first-order valence-electron chi connectivity index (χ1n) is 7.78. The number of carboxylic acids is 1. The van der Waals surface area contributed by atoms with Crippen molar-refractivity contribution >= 4 is 18.4 Å². The molecule has 0 aliphatic carbocycles. The molecule has 0 aromatic heterocycles. The predicted molar refractivity (Wildman–Crippen MR) is 93.0 cm³/mol. The van der Waals surface area contributed by atoms with Crippen LogP contribution in [-0.4, -0.2) is 11.1 Å². The van der Waals surface area contributed by atoms with Gasteiger partial charge >= 0.3 is 18.3 Å². The van der Waals surface area contributed by atoms with Crippen LogP contribution in [0.2, 0.25) is 0 Å². The molecular weight excluding hydrogens is 431 g/mol. The van der Waals surface area contributed by atoms with E-state index in [9.17, 15) is 35.5 Å². The van der Waals surface area contributed by atoms with Gasteiger partial charge in [-0.2, -0.15) is 26.3 Å². The summed E-state index contributed by atoms with van der Waals surface area (Å²) in [6, 6.07) is 1.72. The molecule has 0 amide bonds. The number of halogens is 8. The van der Waals surface area contributed by atoms with Crippen LogP contribution in [0.25, 0.3) is 11.1 Å². The van der Waals surface area contributed by atoms with E-state index in [4.69, 9.17) is 10.8 Å². The van der Waals surface area contributed by atoms with Crippen LogP contribution in [0.15, 0.2) is 30.3 Å². The zero-order valence-electron chi connectivity index (χ0n) is 14.7. The summed E-state index contributed by atoms with van der Waals surface area (Å²) in [5.41, 5.74) is 0.0140. The molecular formula is C18H15ClF7NO2. The van der Waals surface area contributed by atoms with Crippen LogP contribution in [0.1, 0.15) is 34.7 Å². The average Bonchev–Trinajstić information content (AvgIpc) is 2.54. The molecule has 0 radical (unpaired) electrons. The van der Waals surface area contributed by atoms with Gasteiger partial charge in [0.2, 0.25) is 0 Å². The molecule has 0 spiro atoms. The van der Waals surface area contributed by atoms with E-state index >= 15 is 0 Å². The largest absolute Gasteiger partial charge is 0.481 e. The number of carbonyl (C=O) groups is 1. The highest BCUT2D eigenvalue weighted by Crippen LogP contribution is 2.45. The molecule has 0 heterocycles. The van der Waals surface area contributed by atoms with Gasteiger partial charge in [-0.1, -0.05) is 6.07 Å². The van der Waals surface area contributed by atoms with Crippen LogP contribution >= 0.6 is 12.4 Å². The third kappa shape index (κ3) is 5.39. The maximum absolute atomic E-state index is 14.3. The molecule has 0 saturated carbocycles. The van der Waals surface area contributed by atoms with Crippen molar-refractivity contribution < 1.29 is 40.6 Å². The van der Waals surface area contributed by atoms with Crippen LogP contribution in [0, 0.1) is 12.7 Å². The number of rotatable bonds is 4. The van der Waals surface area contributed by atoms with Crippen LogP contribution in [0.5, 0.6) is 0 Å². The Hall–Kier alpha value is -2.33. The Kier molecular flexibility index (Phi) is 7.31. The third-order valence-electron chi connectivity index (χ3n) is 4.04. The Balaban J connectivity index is 0.00000420. The smallest absolute Gasteiger partial charge is 0.417 e. The summed E-state index contributed by atoms with van der Waals surface area (Å²) < 4.78 is 94.6. The van der Waals surface area contributed by atoms with E-state index in [1.54, 1.807) is 0 Å². The van der Waals surface area contributed by atoms with Gasteiger partial charge in [-0.05, 0) is 42.3 Å². The first-order valence-corrected chi connectivity index (χ1v) is 7.78. The van der Waals surface area contributed by atoms with Crippen molar-refractivity contribution in [1.82, 2.24) is 0 Å². The monoisotopic (exact) mass is 445 g/mol. The van der Waals surface area contributed by atoms with Crippen molar-refractivity contribution in [3.8, 4) is 11.1 Å². The van der Waals surface area contributed by atoms with Gasteiger partial charge in [-0.3, -0.25) is 4.79 Å². The molecule has 160 valence electrons. The molecule has 1 atom stereocenters. The lowest BCUT2D eigenvalue weighted by atomic mass is 9.89. The van der Waals surface area contributed by atoms with Gasteiger partial charge in [0.15, 0.2) is 0 Å². The molecule has 0 aliphatic heterocycles. The van der Waals surface area contributed by atoms with E-state index in [1.807, 2.05) is 0 Å². The van der Waals surface area contributed by atoms with E-state index in [0.717, 1.165) is 19.1 Å². The predicted octanol–water partition coefficient (Wildman–Crippen LogP) is 5.74. The second-order valence-electron chi connectivity index (χ2n) is 6.12. The number of hydrogen-bond donors (Lipinski definition) is 2. The van der Waals surface area contributed by atoms with Crippen molar-refractivity contribution in [3.63, 3.8) is 0 Å². The van der Waals surface area contributed by atoms with Crippen LogP contribution in [-0.2, 0) is 17.1 Å². The van der Waals surface area contributed by atoms with Crippen molar-refractivity contribution in [1.29, 1.82) is 0 Å². The number of aryl methyl sites for hydroxylation is 1. The number of benzene rings is 2. The maximum Gasteiger partial charge on any atom is 0.417 e. The molecule has 0 bridgehead atoms. The molecule has 3 N–H and O–H groups in total. The van der Waals surface area contributed by atoms with E-state index in [0.29, 0.717) is 18.2 Å². The lowest BCUT2D eigenvalue weighted by Gasteiger charge is -2.21. The Labute approximate surface area is 166 Å². The summed E-state index contributed by atoms with van der Waals surface area (Å²) in [6.45, 7) is 1.14. The van der Waals surface area contributed by atoms with Crippen molar-refractivity contribution in [2.45, 2.75) is 31.7 Å². The third-order valence-corrected chi connectivity index (χ3v) is 4.04. The fraction of sp³-hybridized carbons (Fsp3) is 0.278. The van der Waals surface area contributed by atoms with Crippen molar-refractivity contribution in [2.24, 2.45) is 5.73 Å². The lowest BCUT2D eigenvalue weighted by Crippen LogP contribution is -2.18. The lowest BCUT2D eigenvalue weighted by molar-refractivity contribution is -0.142. The molecule has 29 heavy (non-hydrogen) atoms. The summed E-state index contributed by atoms with van der Waals surface area (Å²) in [5.74, 6) is -2.39. The second-order valence-corrected chi connectivity index (χ2v) is 6.12. The van der Waals surface area contributed by atoms with Gasteiger partial charge in [0.1, 0.15) is 5.82 Å². The zero-order valence-corrected chi connectivity index (χ0v) is 15.5. The van der Waals surface area contributed by atoms with E-state index in [2.05, 4.69) is 0 Å². The summed E-state index contributed by atoms with van der Waals surface area (Å²) in [6.07, 6.45) is -11.0. The Morgan fingerprint density at radius 1 is 1.07 bits per heavy atom. The van der Waals surface area contributed by atoms with Gasteiger partial charge in [0, 0.05) is 17.2 Å². The summed E-state index contributed by atoms with van der Waals surface area (Å²) in [4.78, 5) is 10.8. The first-order chi connectivity index (χ1) is 12.7. The number of alkyl halides is 6. The fourth-order valence-corrected chi connectivity index (χ4v) is 2.84. The average molecular weight is 446 g/mol. The molecule has 2 aromatic rings. The highest BCUT2D eigenvalue weighted by Gasteiger charge is 2.41. The summed E-state index contributed by atoms with van der Waals surface area (Å²) >= 11 is 0. The Morgan fingerprint density at radius 2 is 1.55 bits per heavy atom. The first kappa shape index (κ1) is 24.7. The summed E-state index contributed by atoms with van der Waals surface area (Å²) in [5, 5.41) is 8.79. The molecule has 11 heteroatoms. The quantitative estimate of drug-likeness (QED) is 0.590. The van der Waals surface area contributed by atoms with Crippen LogP contribution < -0.4 is 5.73 Å². The van der Waals surface area contributed by atoms with Crippen molar-refractivity contribution in [2.75, 3.05) is 0 Å². The van der Waals surface area contributed by atoms with Crippen molar-refractivity contribution in [3.05, 3.63) is 58.4 Å².